The molecule has 3 rings (SSSR count). The van der Waals surface area contributed by atoms with Crippen LogP contribution in [0.3, 0.4) is 0 Å². The molecular weight excluding hydrogens is 374 g/mol. The van der Waals surface area contributed by atoms with Gasteiger partial charge in [0.05, 0.1) is 19.9 Å². The van der Waals surface area contributed by atoms with E-state index in [1.165, 1.54) is 14.2 Å². The van der Waals surface area contributed by atoms with Crippen LogP contribution >= 0.6 is 0 Å². The van der Waals surface area contributed by atoms with Crippen molar-refractivity contribution in [3.8, 4) is 11.5 Å². The van der Waals surface area contributed by atoms with Crippen LogP contribution in [0.4, 0.5) is 5.69 Å². The van der Waals surface area contributed by atoms with Crippen molar-refractivity contribution >= 4 is 17.5 Å². The molecule has 1 saturated heterocycles. The Morgan fingerprint density at radius 2 is 2.10 bits per heavy atom. The molecule has 0 radical (unpaired) electrons. The largest absolute Gasteiger partial charge is 0.493 e. The second-order valence-electron chi connectivity index (χ2n) is 6.58. The summed E-state index contributed by atoms with van der Waals surface area (Å²) in [5.74, 6) is 0.154. The molecule has 154 valence electrons. The van der Waals surface area contributed by atoms with Gasteiger partial charge in [0.2, 0.25) is 0 Å². The van der Waals surface area contributed by atoms with Gasteiger partial charge in [0.15, 0.2) is 11.5 Å². The first-order chi connectivity index (χ1) is 14.1. The summed E-state index contributed by atoms with van der Waals surface area (Å²) in [6.45, 7) is 0.999. The highest BCUT2D eigenvalue weighted by molar-refractivity contribution is 6.00. The van der Waals surface area contributed by atoms with Crippen molar-refractivity contribution in [2.24, 2.45) is 0 Å². The van der Waals surface area contributed by atoms with Gasteiger partial charge in [-0.25, -0.2) is 0 Å². The minimum Gasteiger partial charge on any atom is -0.493 e. The first kappa shape index (κ1) is 20.6. The highest BCUT2D eigenvalue weighted by Crippen LogP contribution is 2.37. The molecule has 0 aliphatic carbocycles. The van der Waals surface area contributed by atoms with E-state index in [0.29, 0.717) is 48.7 Å². The van der Waals surface area contributed by atoms with Crippen LogP contribution in [0.15, 0.2) is 36.5 Å². The molecular formula is C21H25N3O5. The van der Waals surface area contributed by atoms with E-state index >= 15 is 0 Å². The number of carbonyl (C=O) groups excluding carboxylic acids is 2. The standard InChI is InChI=1S/C21H25N3O5/c1-27-18-13-14(20(25)23-10-8-15-6-3-4-9-22-15)12-16(19(18)28-2)24-21(26)17-7-5-11-29-17/h3-4,6,9,12-13,17H,5,7-8,10-11H2,1-2H3,(H,23,25)(H,24,26)/t17-/m0/s1. The average molecular weight is 399 g/mol. The number of nitrogens with one attached hydrogen (secondary N) is 2. The first-order valence-electron chi connectivity index (χ1n) is 9.49. The number of carbonyl (C=O) groups is 2. The Kier molecular flexibility index (Phi) is 7.02. The molecule has 1 fully saturated rings. The fraction of sp³-hybridized carbons (Fsp3) is 0.381. The Balaban J connectivity index is 1.73. The molecule has 1 aromatic heterocycles. The first-order valence-corrected chi connectivity index (χ1v) is 9.49. The monoisotopic (exact) mass is 399 g/mol. The van der Waals surface area contributed by atoms with E-state index in [9.17, 15) is 9.59 Å². The summed E-state index contributed by atoms with van der Waals surface area (Å²) < 4.78 is 16.2. The molecule has 8 heteroatoms. The summed E-state index contributed by atoms with van der Waals surface area (Å²) in [6, 6.07) is 8.81. The SMILES string of the molecule is COc1cc(C(=O)NCCc2ccccn2)cc(NC(=O)[C@@H]2CCCO2)c1OC. The lowest BCUT2D eigenvalue weighted by atomic mass is 10.1. The molecule has 29 heavy (non-hydrogen) atoms. The van der Waals surface area contributed by atoms with Crippen molar-refractivity contribution in [1.82, 2.24) is 10.3 Å². The topological polar surface area (TPSA) is 98.8 Å². The zero-order valence-electron chi connectivity index (χ0n) is 16.6. The number of amides is 2. The summed E-state index contributed by atoms with van der Waals surface area (Å²) in [5.41, 5.74) is 1.61. The van der Waals surface area contributed by atoms with Crippen molar-refractivity contribution in [3.63, 3.8) is 0 Å². The number of methoxy groups -OCH3 is 2. The predicted molar refractivity (Wildman–Crippen MR) is 107 cm³/mol. The summed E-state index contributed by atoms with van der Waals surface area (Å²) in [5, 5.41) is 5.66. The van der Waals surface area contributed by atoms with Gasteiger partial charge in [-0.3, -0.25) is 14.6 Å². The van der Waals surface area contributed by atoms with Gasteiger partial charge in [-0.2, -0.15) is 0 Å². The second-order valence-corrected chi connectivity index (χ2v) is 6.58. The maximum absolute atomic E-state index is 12.6. The van der Waals surface area contributed by atoms with E-state index < -0.39 is 6.10 Å². The number of pyridine rings is 1. The van der Waals surface area contributed by atoms with Crippen LogP contribution in [0.2, 0.25) is 0 Å². The molecule has 0 unspecified atom stereocenters. The molecule has 0 bridgehead atoms. The van der Waals surface area contributed by atoms with Crippen LogP contribution in [0.25, 0.3) is 0 Å². The average Bonchev–Trinajstić information content (AvgIpc) is 3.29. The van der Waals surface area contributed by atoms with Gasteiger partial charge < -0.3 is 24.8 Å². The van der Waals surface area contributed by atoms with Crippen LogP contribution < -0.4 is 20.1 Å². The van der Waals surface area contributed by atoms with Gasteiger partial charge in [-0.15, -0.1) is 0 Å². The van der Waals surface area contributed by atoms with E-state index in [-0.39, 0.29) is 11.8 Å². The van der Waals surface area contributed by atoms with Crippen LogP contribution in [-0.2, 0) is 16.0 Å². The lowest BCUT2D eigenvalue weighted by Crippen LogP contribution is -2.28. The van der Waals surface area contributed by atoms with E-state index in [4.69, 9.17) is 14.2 Å². The number of hydrogen-bond donors (Lipinski definition) is 2. The van der Waals surface area contributed by atoms with Crippen molar-refractivity contribution in [2.45, 2.75) is 25.4 Å². The number of hydrogen-bond acceptors (Lipinski definition) is 6. The number of aromatic nitrogens is 1. The van der Waals surface area contributed by atoms with E-state index in [2.05, 4.69) is 15.6 Å². The Bertz CT molecular complexity index is 851. The molecule has 8 nitrogen and oxygen atoms in total. The molecule has 2 aromatic rings. The Labute approximate surface area is 169 Å². The number of rotatable bonds is 8. The molecule has 1 aliphatic heterocycles. The van der Waals surface area contributed by atoms with Gasteiger partial charge in [0.1, 0.15) is 6.10 Å². The summed E-state index contributed by atoms with van der Waals surface area (Å²) in [6.07, 6.45) is 3.34. The third-order valence-corrected chi connectivity index (χ3v) is 4.61. The third kappa shape index (κ3) is 5.23. The van der Waals surface area contributed by atoms with Crippen LogP contribution in [-0.4, -0.2) is 50.3 Å². The zero-order valence-corrected chi connectivity index (χ0v) is 16.6. The predicted octanol–water partition coefficient (Wildman–Crippen LogP) is 2.19. The van der Waals surface area contributed by atoms with Gasteiger partial charge in [0.25, 0.3) is 11.8 Å². The van der Waals surface area contributed by atoms with E-state index in [0.717, 1.165) is 12.1 Å². The van der Waals surface area contributed by atoms with Gasteiger partial charge >= 0.3 is 0 Å². The number of anilines is 1. The summed E-state index contributed by atoms with van der Waals surface area (Å²) in [4.78, 5) is 29.3. The smallest absolute Gasteiger partial charge is 0.253 e. The minimum absolute atomic E-state index is 0.268. The zero-order chi connectivity index (χ0) is 20.6. The molecule has 2 amide bonds. The normalized spacial score (nSPS) is 15.6. The molecule has 2 heterocycles. The van der Waals surface area contributed by atoms with Crippen LogP contribution in [0.1, 0.15) is 28.9 Å². The molecule has 2 N–H and O–H groups in total. The van der Waals surface area contributed by atoms with Gasteiger partial charge in [-0.05, 0) is 37.1 Å². The van der Waals surface area contributed by atoms with Crippen LogP contribution in [0, 0.1) is 0 Å². The number of ether oxygens (including phenoxy) is 3. The maximum atomic E-state index is 12.6. The molecule has 0 saturated carbocycles. The van der Waals surface area contributed by atoms with E-state index in [1.54, 1.807) is 18.3 Å². The Morgan fingerprint density at radius 1 is 1.24 bits per heavy atom. The van der Waals surface area contributed by atoms with E-state index in [1.807, 2.05) is 18.2 Å². The fourth-order valence-corrected chi connectivity index (χ4v) is 3.14. The minimum atomic E-state index is -0.499. The Hall–Kier alpha value is -3.13. The highest BCUT2D eigenvalue weighted by Gasteiger charge is 2.26. The van der Waals surface area contributed by atoms with Crippen molar-refractivity contribution in [1.29, 1.82) is 0 Å². The lowest BCUT2D eigenvalue weighted by molar-refractivity contribution is -0.124. The summed E-state index contributed by atoms with van der Waals surface area (Å²) in [7, 11) is 2.96. The lowest BCUT2D eigenvalue weighted by Gasteiger charge is -2.17. The molecule has 1 aromatic carbocycles. The molecule has 1 atom stereocenters. The third-order valence-electron chi connectivity index (χ3n) is 4.61. The second kappa shape index (κ2) is 9.88. The maximum Gasteiger partial charge on any atom is 0.253 e. The molecule has 0 spiro atoms. The summed E-state index contributed by atoms with van der Waals surface area (Å²) >= 11 is 0. The highest BCUT2D eigenvalue weighted by atomic mass is 16.5. The fourth-order valence-electron chi connectivity index (χ4n) is 3.14. The molecule has 1 aliphatic rings. The van der Waals surface area contributed by atoms with Crippen molar-refractivity contribution in [2.75, 3.05) is 32.7 Å². The van der Waals surface area contributed by atoms with Gasteiger partial charge in [0, 0.05) is 37.0 Å². The number of nitrogens with zero attached hydrogens (tertiary/aromatic N) is 1. The van der Waals surface area contributed by atoms with Crippen LogP contribution in [0.5, 0.6) is 11.5 Å². The van der Waals surface area contributed by atoms with Crippen molar-refractivity contribution in [3.05, 3.63) is 47.8 Å². The van der Waals surface area contributed by atoms with Crippen molar-refractivity contribution < 1.29 is 23.8 Å². The quantitative estimate of drug-likeness (QED) is 0.706. The Morgan fingerprint density at radius 3 is 2.76 bits per heavy atom. The number of benzene rings is 1. The van der Waals surface area contributed by atoms with Gasteiger partial charge in [-0.1, -0.05) is 6.07 Å².